The number of aromatic nitrogens is 4. The van der Waals surface area contributed by atoms with E-state index < -0.39 is 0 Å². The number of fused-ring (bicyclic) bond motifs is 1. The number of rotatable bonds is 10. The molecule has 3 aromatic rings. The molecule has 0 radical (unpaired) electrons. The summed E-state index contributed by atoms with van der Waals surface area (Å²) in [5.74, 6) is 2.37. The number of nitrogens with zero attached hydrogens (tertiary/aromatic N) is 4. The zero-order valence-electron chi connectivity index (χ0n) is 18.3. The van der Waals surface area contributed by atoms with Crippen LogP contribution in [0.3, 0.4) is 0 Å². The van der Waals surface area contributed by atoms with Crippen LogP contribution in [0.5, 0.6) is 11.5 Å². The van der Waals surface area contributed by atoms with Crippen molar-refractivity contribution in [2.24, 2.45) is 0 Å². The summed E-state index contributed by atoms with van der Waals surface area (Å²) in [5, 5.41) is 11.3. The maximum atomic E-state index is 5.89. The summed E-state index contributed by atoms with van der Waals surface area (Å²) < 4.78 is 13.1. The van der Waals surface area contributed by atoms with E-state index in [1.54, 1.807) is 14.2 Å². The van der Waals surface area contributed by atoms with Crippen molar-refractivity contribution in [3.05, 3.63) is 29.5 Å². The third kappa shape index (κ3) is 4.56. The van der Waals surface area contributed by atoms with E-state index in [0.29, 0.717) is 23.4 Å². The van der Waals surface area contributed by atoms with Crippen molar-refractivity contribution in [2.75, 3.05) is 38.9 Å². The highest BCUT2D eigenvalue weighted by atomic mass is 16.5. The van der Waals surface area contributed by atoms with Crippen LogP contribution < -0.4 is 25.8 Å². The number of ether oxygens (including phenoxy) is 2. The lowest BCUT2D eigenvalue weighted by Gasteiger charge is -2.18. The SMILES string of the molecule is CCCCNc1nc(N)nc2cn(Cc3c(OC)cc([C@H](C)NC)cc3OC)nc12. The monoisotopic (exact) mass is 413 g/mol. The van der Waals surface area contributed by atoms with Crippen LogP contribution in [0.2, 0.25) is 0 Å². The van der Waals surface area contributed by atoms with Gasteiger partial charge in [-0.2, -0.15) is 10.1 Å². The molecule has 162 valence electrons. The molecule has 1 aromatic carbocycles. The first-order chi connectivity index (χ1) is 14.5. The highest BCUT2D eigenvalue weighted by Gasteiger charge is 2.18. The molecule has 0 aliphatic heterocycles. The average Bonchev–Trinajstić information content (AvgIpc) is 3.15. The Morgan fingerprint density at radius 2 is 1.87 bits per heavy atom. The van der Waals surface area contributed by atoms with Crippen LogP contribution in [-0.4, -0.2) is 47.6 Å². The van der Waals surface area contributed by atoms with Gasteiger partial charge in [0, 0.05) is 12.6 Å². The third-order valence-electron chi connectivity index (χ3n) is 5.13. The van der Waals surface area contributed by atoms with Gasteiger partial charge in [0.25, 0.3) is 0 Å². The van der Waals surface area contributed by atoms with E-state index in [0.717, 1.165) is 42.0 Å². The smallest absolute Gasteiger partial charge is 0.222 e. The normalized spacial score (nSPS) is 12.2. The largest absolute Gasteiger partial charge is 0.496 e. The summed E-state index contributed by atoms with van der Waals surface area (Å²) in [5.41, 5.74) is 9.27. The molecule has 9 heteroatoms. The summed E-state index contributed by atoms with van der Waals surface area (Å²) in [4.78, 5) is 8.66. The van der Waals surface area contributed by atoms with Crippen LogP contribution in [0, 0.1) is 0 Å². The molecule has 0 saturated heterocycles. The summed E-state index contributed by atoms with van der Waals surface area (Å²) in [6.07, 6.45) is 3.99. The van der Waals surface area contributed by atoms with Gasteiger partial charge in [-0.25, -0.2) is 4.98 Å². The molecular weight excluding hydrogens is 382 g/mol. The number of methoxy groups -OCH3 is 2. The van der Waals surface area contributed by atoms with E-state index in [-0.39, 0.29) is 12.0 Å². The molecule has 0 amide bonds. The van der Waals surface area contributed by atoms with Crippen molar-refractivity contribution < 1.29 is 9.47 Å². The fourth-order valence-electron chi connectivity index (χ4n) is 3.30. The maximum Gasteiger partial charge on any atom is 0.222 e. The summed E-state index contributed by atoms with van der Waals surface area (Å²) in [6.45, 7) is 5.50. The van der Waals surface area contributed by atoms with Crippen LogP contribution >= 0.6 is 0 Å². The molecule has 0 unspecified atom stereocenters. The topological polar surface area (TPSA) is 112 Å². The Morgan fingerprint density at radius 1 is 1.17 bits per heavy atom. The van der Waals surface area contributed by atoms with Crippen molar-refractivity contribution >= 4 is 22.8 Å². The molecule has 0 bridgehead atoms. The van der Waals surface area contributed by atoms with Gasteiger partial charge < -0.3 is 25.8 Å². The number of hydrogen-bond donors (Lipinski definition) is 3. The molecule has 2 aromatic heterocycles. The molecule has 9 nitrogen and oxygen atoms in total. The second-order valence-electron chi connectivity index (χ2n) is 7.19. The zero-order valence-corrected chi connectivity index (χ0v) is 18.3. The molecule has 1 atom stereocenters. The number of nitrogens with two attached hydrogens (primary N) is 1. The van der Waals surface area contributed by atoms with Gasteiger partial charge in [0.2, 0.25) is 5.95 Å². The summed E-state index contributed by atoms with van der Waals surface area (Å²) >= 11 is 0. The van der Waals surface area contributed by atoms with Crippen molar-refractivity contribution in [1.82, 2.24) is 25.1 Å². The quantitative estimate of drug-likeness (QED) is 0.435. The minimum Gasteiger partial charge on any atom is -0.496 e. The van der Waals surface area contributed by atoms with Gasteiger partial charge in [0.1, 0.15) is 17.0 Å². The number of benzene rings is 1. The molecule has 3 rings (SSSR count). The first kappa shape index (κ1) is 21.6. The standard InChI is InChI=1S/C21H31N7O2/c1-6-7-8-24-20-19-16(25-21(22)26-20)12-28(27-19)11-15-17(29-4)9-14(13(2)23-3)10-18(15)30-5/h9-10,12-13,23H,6-8,11H2,1-5H3,(H3,22,24,25,26)/t13-/m0/s1. The molecule has 30 heavy (non-hydrogen) atoms. The van der Waals surface area contributed by atoms with Crippen molar-refractivity contribution in [3.63, 3.8) is 0 Å². The Labute approximate surface area is 177 Å². The molecular formula is C21H31N7O2. The Hall–Kier alpha value is -3.07. The molecule has 0 aliphatic rings. The average molecular weight is 414 g/mol. The summed E-state index contributed by atoms with van der Waals surface area (Å²) in [6, 6.07) is 4.22. The molecule has 0 spiro atoms. The van der Waals surface area contributed by atoms with Gasteiger partial charge in [-0.15, -0.1) is 0 Å². The van der Waals surface area contributed by atoms with Crippen LogP contribution in [0.15, 0.2) is 18.3 Å². The molecule has 2 heterocycles. The zero-order chi connectivity index (χ0) is 21.7. The third-order valence-corrected chi connectivity index (χ3v) is 5.13. The van der Waals surface area contributed by atoms with E-state index in [1.165, 1.54) is 0 Å². The number of nitrogen functional groups attached to an aromatic ring is 1. The van der Waals surface area contributed by atoms with Gasteiger partial charge in [-0.3, -0.25) is 4.68 Å². The van der Waals surface area contributed by atoms with Crippen LogP contribution in [0.1, 0.15) is 43.9 Å². The molecule has 4 N–H and O–H groups in total. The molecule has 0 saturated carbocycles. The first-order valence-electron chi connectivity index (χ1n) is 10.2. The van der Waals surface area contributed by atoms with Crippen LogP contribution in [0.25, 0.3) is 11.0 Å². The number of hydrogen-bond acceptors (Lipinski definition) is 8. The highest BCUT2D eigenvalue weighted by molar-refractivity contribution is 5.85. The Balaban J connectivity index is 1.98. The minimum atomic E-state index is 0.171. The Kier molecular flexibility index (Phi) is 6.94. The number of nitrogens with one attached hydrogen (secondary N) is 2. The van der Waals surface area contributed by atoms with Gasteiger partial charge in [0.05, 0.1) is 32.5 Å². The fourth-order valence-corrected chi connectivity index (χ4v) is 3.30. The number of anilines is 2. The lowest BCUT2D eigenvalue weighted by Crippen LogP contribution is -2.13. The van der Waals surface area contributed by atoms with E-state index in [4.69, 9.17) is 20.3 Å². The first-order valence-corrected chi connectivity index (χ1v) is 10.2. The van der Waals surface area contributed by atoms with Gasteiger partial charge in [0.15, 0.2) is 11.3 Å². The van der Waals surface area contributed by atoms with Crippen LogP contribution in [-0.2, 0) is 6.54 Å². The van der Waals surface area contributed by atoms with E-state index in [1.807, 2.05) is 30.1 Å². The van der Waals surface area contributed by atoms with E-state index in [9.17, 15) is 0 Å². The lowest BCUT2D eigenvalue weighted by atomic mass is 10.0. The predicted octanol–water partition coefficient (Wildman–Crippen LogP) is 2.97. The van der Waals surface area contributed by atoms with Crippen molar-refractivity contribution in [3.8, 4) is 11.5 Å². The summed E-state index contributed by atoms with van der Waals surface area (Å²) in [7, 11) is 5.24. The van der Waals surface area contributed by atoms with E-state index in [2.05, 4.69) is 34.4 Å². The number of unbranched alkanes of at least 4 members (excludes halogenated alkanes) is 1. The second-order valence-corrected chi connectivity index (χ2v) is 7.19. The van der Waals surface area contributed by atoms with Crippen molar-refractivity contribution in [2.45, 2.75) is 39.3 Å². The Morgan fingerprint density at radius 3 is 2.47 bits per heavy atom. The van der Waals surface area contributed by atoms with Gasteiger partial charge >= 0.3 is 0 Å². The van der Waals surface area contributed by atoms with E-state index >= 15 is 0 Å². The highest BCUT2D eigenvalue weighted by Crippen LogP contribution is 2.34. The predicted molar refractivity (Wildman–Crippen MR) is 119 cm³/mol. The fraction of sp³-hybridized carbons (Fsp3) is 0.476. The molecule has 0 aliphatic carbocycles. The van der Waals surface area contributed by atoms with Crippen molar-refractivity contribution in [1.29, 1.82) is 0 Å². The maximum absolute atomic E-state index is 5.89. The minimum absolute atomic E-state index is 0.171. The Bertz CT molecular complexity index is 977. The van der Waals surface area contributed by atoms with Gasteiger partial charge in [-0.05, 0) is 38.1 Å². The van der Waals surface area contributed by atoms with Gasteiger partial charge in [-0.1, -0.05) is 13.3 Å². The lowest BCUT2D eigenvalue weighted by molar-refractivity contribution is 0.380. The van der Waals surface area contributed by atoms with Crippen LogP contribution in [0.4, 0.5) is 11.8 Å². The molecule has 0 fully saturated rings. The second kappa shape index (κ2) is 9.62.